The van der Waals surface area contributed by atoms with Crippen molar-refractivity contribution in [2.45, 2.75) is 12.5 Å². The van der Waals surface area contributed by atoms with E-state index in [-0.39, 0.29) is 12.1 Å². The van der Waals surface area contributed by atoms with Crippen molar-refractivity contribution in [2.75, 3.05) is 13.2 Å². The van der Waals surface area contributed by atoms with Gasteiger partial charge in [0.25, 0.3) is 5.91 Å². The molecule has 4 nitrogen and oxygen atoms in total. The van der Waals surface area contributed by atoms with Crippen LogP contribution in [0.15, 0.2) is 18.2 Å². The topological polar surface area (TPSA) is 69.6 Å². The zero-order valence-corrected chi connectivity index (χ0v) is 9.20. The molecular weight excluding hydrogens is 232 g/mol. The molecule has 3 N–H and O–H groups in total. The van der Waals surface area contributed by atoms with E-state index in [1.165, 1.54) is 6.92 Å². The van der Waals surface area contributed by atoms with Crippen molar-refractivity contribution < 1.29 is 23.8 Å². The number of halogens is 2. The molecule has 1 aromatic rings. The SMILES string of the molecule is CC(O)(CO)CNC(=O)c1cc(F)cc(F)c1. The quantitative estimate of drug-likeness (QED) is 0.720. The molecule has 0 aliphatic carbocycles. The standard InChI is InChI=1S/C11H13F2NO3/c1-11(17,6-15)5-14-10(16)7-2-8(12)4-9(13)3-7/h2-4,15,17H,5-6H2,1H3,(H,14,16). The van der Waals surface area contributed by atoms with Crippen LogP contribution < -0.4 is 5.32 Å². The van der Waals surface area contributed by atoms with Crippen LogP contribution in [-0.4, -0.2) is 34.9 Å². The smallest absolute Gasteiger partial charge is 0.251 e. The highest BCUT2D eigenvalue weighted by molar-refractivity contribution is 5.94. The highest BCUT2D eigenvalue weighted by Crippen LogP contribution is 2.08. The maximum atomic E-state index is 12.8. The summed E-state index contributed by atoms with van der Waals surface area (Å²) in [6.45, 7) is 0.560. The van der Waals surface area contributed by atoms with Crippen LogP contribution in [0.5, 0.6) is 0 Å². The van der Waals surface area contributed by atoms with E-state index in [9.17, 15) is 18.7 Å². The Morgan fingerprint density at radius 3 is 2.35 bits per heavy atom. The second-order valence-corrected chi connectivity index (χ2v) is 4.00. The van der Waals surface area contributed by atoms with E-state index in [0.29, 0.717) is 6.07 Å². The molecule has 0 bridgehead atoms. The lowest BCUT2D eigenvalue weighted by Crippen LogP contribution is -2.43. The molecule has 0 aromatic heterocycles. The highest BCUT2D eigenvalue weighted by Gasteiger charge is 2.20. The summed E-state index contributed by atoms with van der Waals surface area (Å²) < 4.78 is 25.6. The van der Waals surface area contributed by atoms with Gasteiger partial charge in [-0.15, -0.1) is 0 Å². The fraction of sp³-hybridized carbons (Fsp3) is 0.364. The molecule has 94 valence electrons. The Bertz CT molecular complexity index is 401. The van der Waals surface area contributed by atoms with Crippen molar-refractivity contribution in [1.82, 2.24) is 5.32 Å². The predicted molar refractivity (Wildman–Crippen MR) is 56.4 cm³/mol. The van der Waals surface area contributed by atoms with Gasteiger partial charge in [-0.25, -0.2) is 8.78 Å². The number of carbonyl (C=O) groups is 1. The van der Waals surface area contributed by atoms with Crippen molar-refractivity contribution in [2.24, 2.45) is 0 Å². The summed E-state index contributed by atoms with van der Waals surface area (Å²) in [5.41, 5.74) is -1.65. The second-order valence-electron chi connectivity index (χ2n) is 4.00. The van der Waals surface area contributed by atoms with Gasteiger partial charge in [-0.2, -0.15) is 0 Å². The van der Waals surface area contributed by atoms with Gasteiger partial charge in [0.15, 0.2) is 0 Å². The van der Waals surface area contributed by atoms with E-state index >= 15 is 0 Å². The fourth-order valence-corrected chi connectivity index (χ4v) is 1.11. The van der Waals surface area contributed by atoms with Crippen LogP contribution >= 0.6 is 0 Å². The summed E-state index contributed by atoms with van der Waals surface area (Å²) in [6.07, 6.45) is 0. The molecule has 0 spiro atoms. The Morgan fingerprint density at radius 2 is 1.88 bits per heavy atom. The summed E-state index contributed by atoms with van der Waals surface area (Å²) in [5, 5.41) is 20.4. The van der Waals surface area contributed by atoms with Gasteiger partial charge in [0, 0.05) is 18.2 Å². The summed E-state index contributed by atoms with van der Waals surface area (Å²) in [5.74, 6) is -2.44. The van der Waals surface area contributed by atoms with Gasteiger partial charge in [0.05, 0.1) is 6.61 Å². The lowest BCUT2D eigenvalue weighted by atomic mass is 10.1. The fourth-order valence-electron chi connectivity index (χ4n) is 1.11. The number of hydrogen-bond donors (Lipinski definition) is 3. The first kappa shape index (κ1) is 13.5. The van der Waals surface area contributed by atoms with Gasteiger partial charge >= 0.3 is 0 Å². The van der Waals surface area contributed by atoms with Gasteiger partial charge in [0.1, 0.15) is 17.2 Å². The molecule has 1 aromatic carbocycles. The van der Waals surface area contributed by atoms with E-state index in [2.05, 4.69) is 5.32 Å². The van der Waals surface area contributed by atoms with E-state index in [4.69, 9.17) is 5.11 Å². The average molecular weight is 245 g/mol. The maximum absolute atomic E-state index is 12.8. The van der Waals surface area contributed by atoms with Crippen molar-refractivity contribution in [3.8, 4) is 0 Å². The molecule has 0 aliphatic heterocycles. The third-order valence-electron chi connectivity index (χ3n) is 2.10. The van der Waals surface area contributed by atoms with E-state index in [1.807, 2.05) is 0 Å². The van der Waals surface area contributed by atoms with Gasteiger partial charge in [-0.05, 0) is 19.1 Å². The molecule has 1 unspecified atom stereocenters. The van der Waals surface area contributed by atoms with Gasteiger partial charge in [-0.3, -0.25) is 4.79 Å². The van der Waals surface area contributed by atoms with Crippen molar-refractivity contribution in [1.29, 1.82) is 0 Å². The Morgan fingerprint density at radius 1 is 1.35 bits per heavy atom. The average Bonchev–Trinajstić information content (AvgIpc) is 2.24. The maximum Gasteiger partial charge on any atom is 0.251 e. The van der Waals surface area contributed by atoms with Crippen LogP contribution in [0.1, 0.15) is 17.3 Å². The highest BCUT2D eigenvalue weighted by atomic mass is 19.1. The number of aliphatic hydroxyl groups is 2. The number of rotatable bonds is 4. The van der Waals surface area contributed by atoms with E-state index in [0.717, 1.165) is 12.1 Å². The molecular formula is C11H13F2NO3. The Balaban J connectivity index is 2.70. The summed E-state index contributed by atoms with van der Waals surface area (Å²) in [4.78, 5) is 11.5. The number of amides is 1. The van der Waals surface area contributed by atoms with E-state index < -0.39 is 29.7 Å². The minimum Gasteiger partial charge on any atom is -0.393 e. The molecule has 0 saturated heterocycles. The minimum atomic E-state index is -1.47. The third kappa shape index (κ3) is 4.08. The lowest BCUT2D eigenvalue weighted by Gasteiger charge is -2.20. The van der Waals surface area contributed by atoms with Crippen LogP contribution in [0.3, 0.4) is 0 Å². The molecule has 6 heteroatoms. The summed E-state index contributed by atoms with van der Waals surface area (Å²) in [6, 6.07) is 2.42. The molecule has 17 heavy (non-hydrogen) atoms. The van der Waals surface area contributed by atoms with Gasteiger partial charge < -0.3 is 15.5 Å². The van der Waals surface area contributed by atoms with Crippen LogP contribution in [-0.2, 0) is 0 Å². The second kappa shape index (κ2) is 5.20. The van der Waals surface area contributed by atoms with Gasteiger partial charge in [0.2, 0.25) is 0 Å². The summed E-state index contributed by atoms with van der Waals surface area (Å²) >= 11 is 0. The molecule has 1 atom stereocenters. The van der Waals surface area contributed by atoms with Crippen molar-refractivity contribution >= 4 is 5.91 Å². The number of hydrogen-bond acceptors (Lipinski definition) is 3. The molecule has 0 radical (unpaired) electrons. The number of benzene rings is 1. The molecule has 1 amide bonds. The molecule has 1 rings (SSSR count). The van der Waals surface area contributed by atoms with Gasteiger partial charge in [-0.1, -0.05) is 0 Å². The monoisotopic (exact) mass is 245 g/mol. The van der Waals surface area contributed by atoms with Crippen LogP contribution in [0, 0.1) is 11.6 Å². The first-order valence-electron chi connectivity index (χ1n) is 4.91. The molecule has 0 aliphatic rings. The zero-order chi connectivity index (χ0) is 13.1. The lowest BCUT2D eigenvalue weighted by molar-refractivity contribution is 0.00320. The first-order valence-corrected chi connectivity index (χ1v) is 4.91. The Hall–Kier alpha value is -1.53. The number of nitrogens with one attached hydrogen (secondary N) is 1. The summed E-state index contributed by atoms with van der Waals surface area (Å²) in [7, 11) is 0. The zero-order valence-electron chi connectivity index (χ0n) is 9.20. The molecule has 0 fully saturated rings. The number of aliphatic hydroxyl groups excluding tert-OH is 1. The van der Waals surface area contributed by atoms with Crippen molar-refractivity contribution in [3.63, 3.8) is 0 Å². The largest absolute Gasteiger partial charge is 0.393 e. The van der Waals surface area contributed by atoms with Crippen molar-refractivity contribution in [3.05, 3.63) is 35.4 Å². The van der Waals surface area contributed by atoms with Crippen LogP contribution in [0.25, 0.3) is 0 Å². The normalized spacial score (nSPS) is 14.2. The third-order valence-corrected chi connectivity index (χ3v) is 2.10. The first-order chi connectivity index (χ1) is 7.84. The van der Waals surface area contributed by atoms with E-state index in [1.54, 1.807) is 0 Å². The Kier molecular flexibility index (Phi) is 4.14. The van der Waals surface area contributed by atoms with Crippen LogP contribution in [0.4, 0.5) is 8.78 Å². The molecule has 0 saturated carbocycles. The minimum absolute atomic E-state index is 0.184. The molecule has 0 heterocycles. The Labute approximate surface area is 96.9 Å². The predicted octanol–water partition coefficient (Wildman–Crippen LogP) is 0.438. The number of carbonyl (C=O) groups excluding carboxylic acids is 1. The van der Waals surface area contributed by atoms with Crippen LogP contribution in [0.2, 0.25) is 0 Å².